The normalized spacial score (nSPS) is 11.4. The number of nitrogens with one attached hydrogen (secondary N) is 1. The summed E-state index contributed by atoms with van der Waals surface area (Å²) in [7, 11) is 0. The minimum absolute atomic E-state index is 0.553. The van der Waals surface area contributed by atoms with E-state index in [2.05, 4.69) is 27.9 Å². The molecule has 0 fully saturated rings. The van der Waals surface area contributed by atoms with Gasteiger partial charge in [0.1, 0.15) is 11.0 Å². The summed E-state index contributed by atoms with van der Waals surface area (Å²) in [6.07, 6.45) is 2.29. The van der Waals surface area contributed by atoms with Crippen LogP contribution in [0.3, 0.4) is 0 Å². The van der Waals surface area contributed by atoms with Gasteiger partial charge in [-0.2, -0.15) is 8.75 Å². The molecule has 1 heterocycles. The molecular formula is C12H15Cl2N3S. The summed E-state index contributed by atoms with van der Waals surface area (Å²) in [5.74, 6) is 0.637. The molecule has 98 valence electrons. The van der Waals surface area contributed by atoms with Crippen LogP contribution in [0.4, 0.5) is 5.69 Å². The number of benzene rings is 1. The molecule has 2 rings (SSSR count). The van der Waals surface area contributed by atoms with Crippen molar-refractivity contribution in [2.75, 3.05) is 11.9 Å². The molecule has 1 aromatic carbocycles. The zero-order valence-corrected chi connectivity index (χ0v) is 12.7. The van der Waals surface area contributed by atoms with Crippen LogP contribution < -0.4 is 5.32 Å². The van der Waals surface area contributed by atoms with Crippen LogP contribution in [0, 0.1) is 5.92 Å². The summed E-state index contributed by atoms with van der Waals surface area (Å²) >= 11 is 13.5. The highest BCUT2D eigenvalue weighted by molar-refractivity contribution is 7.00. The lowest BCUT2D eigenvalue weighted by molar-refractivity contribution is 0.519. The van der Waals surface area contributed by atoms with E-state index in [1.165, 1.54) is 0 Å². The number of halogens is 2. The van der Waals surface area contributed by atoms with Crippen LogP contribution in [-0.2, 0) is 0 Å². The highest BCUT2D eigenvalue weighted by Crippen LogP contribution is 2.35. The minimum Gasteiger partial charge on any atom is -0.382 e. The molecule has 0 amide bonds. The van der Waals surface area contributed by atoms with Crippen LogP contribution >= 0.6 is 34.9 Å². The Kier molecular flexibility index (Phi) is 4.65. The van der Waals surface area contributed by atoms with E-state index >= 15 is 0 Å². The predicted molar refractivity (Wildman–Crippen MR) is 80.0 cm³/mol. The number of rotatable bonds is 5. The first kappa shape index (κ1) is 13.8. The lowest BCUT2D eigenvalue weighted by Crippen LogP contribution is -2.13. The van der Waals surface area contributed by atoms with Gasteiger partial charge in [0.15, 0.2) is 0 Å². The second-order valence-electron chi connectivity index (χ2n) is 4.24. The smallest absolute Gasteiger partial charge is 0.130 e. The fraction of sp³-hybridized carbons (Fsp3) is 0.500. The molecule has 1 aromatic heterocycles. The highest BCUT2D eigenvalue weighted by atomic mass is 35.5. The van der Waals surface area contributed by atoms with Gasteiger partial charge in [-0.05, 0) is 12.0 Å². The first-order chi connectivity index (χ1) is 8.67. The first-order valence-corrected chi connectivity index (χ1v) is 7.50. The maximum atomic E-state index is 6.23. The third kappa shape index (κ3) is 2.71. The lowest BCUT2D eigenvalue weighted by atomic mass is 10.0. The van der Waals surface area contributed by atoms with Gasteiger partial charge in [-0.25, -0.2) is 0 Å². The van der Waals surface area contributed by atoms with Gasteiger partial charge in [0.05, 0.1) is 27.5 Å². The van der Waals surface area contributed by atoms with E-state index in [9.17, 15) is 0 Å². The number of hydrogen-bond acceptors (Lipinski definition) is 4. The van der Waals surface area contributed by atoms with Crippen LogP contribution in [-0.4, -0.2) is 15.3 Å². The Balaban J connectivity index is 2.30. The number of fused-ring (bicyclic) bond motifs is 1. The number of aromatic nitrogens is 2. The van der Waals surface area contributed by atoms with E-state index in [1.807, 2.05) is 0 Å². The molecule has 0 saturated carbocycles. The molecule has 0 aliphatic rings. The van der Waals surface area contributed by atoms with Crippen molar-refractivity contribution in [2.45, 2.75) is 26.7 Å². The maximum absolute atomic E-state index is 6.23. The summed E-state index contributed by atoms with van der Waals surface area (Å²) in [4.78, 5) is 0. The van der Waals surface area contributed by atoms with Crippen LogP contribution in [0.15, 0.2) is 6.07 Å². The Morgan fingerprint density at radius 2 is 1.83 bits per heavy atom. The summed E-state index contributed by atoms with van der Waals surface area (Å²) < 4.78 is 8.46. The Labute approximate surface area is 121 Å². The zero-order valence-electron chi connectivity index (χ0n) is 10.3. The number of hydrogen-bond donors (Lipinski definition) is 1. The van der Waals surface area contributed by atoms with E-state index in [-0.39, 0.29) is 0 Å². The van der Waals surface area contributed by atoms with Crippen molar-refractivity contribution < 1.29 is 0 Å². The van der Waals surface area contributed by atoms with Crippen LogP contribution in [0.2, 0.25) is 10.0 Å². The van der Waals surface area contributed by atoms with Crippen molar-refractivity contribution in [3.63, 3.8) is 0 Å². The maximum Gasteiger partial charge on any atom is 0.130 e. The molecule has 2 aromatic rings. The molecule has 0 bridgehead atoms. The Morgan fingerprint density at radius 3 is 2.50 bits per heavy atom. The van der Waals surface area contributed by atoms with Crippen molar-refractivity contribution >= 4 is 51.7 Å². The standard InChI is InChI=1S/C12H15Cl2N3S/c1-3-7(4-2)6-15-10-8(13)5-9(14)11-12(10)17-18-16-11/h5,7,15H,3-4,6H2,1-2H3. The van der Waals surface area contributed by atoms with E-state index in [1.54, 1.807) is 6.07 Å². The molecule has 18 heavy (non-hydrogen) atoms. The molecular weight excluding hydrogens is 289 g/mol. The second-order valence-corrected chi connectivity index (χ2v) is 5.58. The number of anilines is 1. The largest absolute Gasteiger partial charge is 0.382 e. The van der Waals surface area contributed by atoms with Crippen molar-refractivity contribution in [1.82, 2.24) is 8.75 Å². The lowest BCUT2D eigenvalue weighted by Gasteiger charge is -2.15. The molecule has 0 unspecified atom stereocenters. The van der Waals surface area contributed by atoms with E-state index < -0.39 is 0 Å². The molecule has 1 N–H and O–H groups in total. The van der Waals surface area contributed by atoms with Gasteiger partial charge < -0.3 is 5.32 Å². The van der Waals surface area contributed by atoms with Crippen molar-refractivity contribution in [3.05, 3.63) is 16.1 Å². The summed E-state index contributed by atoms with van der Waals surface area (Å²) in [5.41, 5.74) is 2.33. The van der Waals surface area contributed by atoms with Gasteiger partial charge in [-0.3, -0.25) is 0 Å². The highest BCUT2D eigenvalue weighted by Gasteiger charge is 2.14. The van der Waals surface area contributed by atoms with Gasteiger partial charge in [0.2, 0.25) is 0 Å². The monoisotopic (exact) mass is 303 g/mol. The Hall–Kier alpha value is -0.580. The molecule has 3 nitrogen and oxygen atoms in total. The minimum atomic E-state index is 0.553. The summed E-state index contributed by atoms with van der Waals surface area (Å²) in [6.45, 7) is 5.28. The van der Waals surface area contributed by atoms with Gasteiger partial charge in [0, 0.05) is 6.54 Å². The van der Waals surface area contributed by atoms with E-state index in [0.29, 0.717) is 16.0 Å². The fourth-order valence-electron chi connectivity index (χ4n) is 1.87. The molecule has 0 atom stereocenters. The molecule has 6 heteroatoms. The van der Waals surface area contributed by atoms with Gasteiger partial charge in [-0.1, -0.05) is 49.9 Å². The Bertz CT molecular complexity index is 537. The third-order valence-corrected chi connectivity index (χ3v) is 4.28. The second kappa shape index (κ2) is 6.04. The first-order valence-electron chi connectivity index (χ1n) is 6.01. The average molecular weight is 304 g/mol. The van der Waals surface area contributed by atoms with Crippen molar-refractivity contribution in [2.24, 2.45) is 5.92 Å². The molecule has 0 aliphatic carbocycles. The van der Waals surface area contributed by atoms with Crippen LogP contribution in [0.5, 0.6) is 0 Å². The van der Waals surface area contributed by atoms with E-state index in [4.69, 9.17) is 23.2 Å². The van der Waals surface area contributed by atoms with Gasteiger partial charge in [0.25, 0.3) is 0 Å². The van der Waals surface area contributed by atoms with Crippen molar-refractivity contribution in [3.8, 4) is 0 Å². The Morgan fingerprint density at radius 1 is 1.17 bits per heavy atom. The van der Waals surface area contributed by atoms with Crippen LogP contribution in [0.1, 0.15) is 26.7 Å². The average Bonchev–Trinajstić information content (AvgIpc) is 2.83. The quantitative estimate of drug-likeness (QED) is 0.858. The topological polar surface area (TPSA) is 37.8 Å². The van der Waals surface area contributed by atoms with Crippen molar-refractivity contribution in [1.29, 1.82) is 0 Å². The fourth-order valence-corrected chi connectivity index (χ4v) is 3.05. The molecule has 0 spiro atoms. The third-order valence-electron chi connectivity index (χ3n) is 3.17. The summed E-state index contributed by atoms with van der Waals surface area (Å²) in [5, 5.41) is 4.54. The molecule has 0 aliphatic heterocycles. The van der Waals surface area contributed by atoms with E-state index in [0.717, 1.165) is 47.8 Å². The van der Waals surface area contributed by atoms with Gasteiger partial charge in [-0.15, -0.1) is 0 Å². The molecule has 0 radical (unpaired) electrons. The molecule has 0 saturated heterocycles. The summed E-state index contributed by atoms with van der Waals surface area (Å²) in [6, 6.07) is 1.72. The predicted octanol–water partition coefficient (Wildman–Crippen LogP) is 4.85. The number of nitrogens with zero attached hydrogens (tertiary/aromatic N) is 2. The zero-order chi connectivity index (χ0) is 13.1. The van der Waals surface area contributed by atoms with Gasteiger partial charge >= 0.3 is 0 Å². The van der Waals surface area contributed by atoms with Crippen LogP contribution in [0.25, 0.3) is 11.0 Å². The SMILES string of the molecule is CCC(CC)CNc1c(Cl)cc(Cl)c2nsnc12.